The van der Waals surface area contributed by atoms with Gasteiger partial charge in [-0.2, -0.15) is 0 Å². The van der Waals surface area contributed by atoms with Crippen LogP contribution in [0.15, 0.2) is 73.1 Å². The summed E-state index contributed by atoms with van der Waals surface area (Å²) in [6, 6.07) is 21.5. The number of methoxy groups -OCH3 is 2. The van der Waals surface area contributed by atoms with Crippen molar-refractivity contribution in [2.24, 2.45) is 0 Å². The first kappa shape index (κ1) is 18.1. The summed E-state index contributed by atoms with van der Waals surface area (Å²) in [5, 5.41) is 0.663. The third-order valence-electron chi connectivity index (χ3n) is 4.64. The van der Waals surface area contributed by atoms with Crippen molar-refractivity contribution in [3.05, 3.63) is 78.1 Å². The van der Waals surface area contributed by atoms with E-state index < -0.39 is 0 Å². The second kappa shape index (κ2) is 7.79. The Balaban J connectivity index is 1.95. The predicted molar refractivity (Wildman–Crippen MR) is 113 cm³/mol. The maximum absolute atomic E-state index is 6.52. The highest BCUT2D eigenvalue weighted by Gasteiger charge is 2.19. The monoisotopic (exact) mass is 390 g/mol. The molecule has 1 aromatic heterocycles. The molecule has 0 aliphatic rings. The van der Waals surface area contributed by atoms with Crippen LogP contribution in [0.3, 0.4) is 0 Å². The fraction of sp³-hybridized carbons (Fsp3) is 0.0870. The number of aromatic nitrogens is 2. The Bertz CT molecular complexity index is 1120. The van der Waals surface area contributed by atoms with Gasteiger partial charge in [0.1, 0.15) is 11.5 Å². The zero-order valence-electron chi connectivity index (χ0n) is 15.6. The van der Waals surface area contributed by atoms with Gasteiger partial charge in [0.05, 0.1) is 31.9 Å². The van der Waals surface area contributed by atoms with Gasteiger partial charge in [-0.05, 0) is 24.3 Å². The zero-order chi connectivity index (χ0) is 19.5. The maximum Gasteiger partial charge on any atom is 0.127 e. The predicted octanol–water partition coefficient (Wildman–Crippen LogP) is 6.08. The average molecular weight is 391 g/mol. The van der Waals surface area contributed by atoms with Crippen molar-refractivity contribution in [1.29, 1.82) is 0 Å². The number of aromatic amines is 1. The first-order valence-electron chi connectivity index (χ1n) is 8.83. The molecule has 0 bridgehead atoms. The molecule has 0 atom stereocenters. The molecule has 5 heteroatoms. The lowest BCUT2D eigenvalue weighted by molar-refractivity contribution is 0.415. The number of nitrogens with one attached hydrogen (secondary N) is 1. The second-order valence-corrected chi connectivity index (χ2v) is 6.63. The van der Waals surface area contributed by atoms with E-state index in [9.17, 15) is 0 Å². The number of rotatable bonds is 5. The summed E-state index contributed by atoms with van der Waals surface area (Å²) in [4.78, 5) is 7.85. The molecule has 0 amide bonds. The van der Waals surface area contributed by atoms with Crippen molar-refractivity contribution in [3.8, 4) is 45.1 Å². The Hall–Kier alpha value is -3.24. The highest BCUT2D eigenvalue weighted by Crippen LogP contribution is 2.43. The molecular formula is C23H19ClN2O2. The zero-order valence-corrected chi connectivity index (χ0v) is 16.3. The number of halogens is 1. The average Bonchev–Trinajstić information content (AvgIpc) is 3.23. The topological polar surface area (TPSA) is 47.1 Å². The molecule has 0 radical (unpaired) electrons. The molecule has 1 N–H and O–H groups in total. The third-order valence-corrected chi connectivity index (χ3v) is 4.97. The van der Waals surface area contributed by atoms with Crippen LogP contribution >= 0.6 is 11.6 Å². The Morgan fingerprint density at radius 1 is 0.857 bits per heavy atom. The Morgan fingerprint density at radius 2 is 1.64 bits per heavy atom. The van der Waals surface area contributed by atoms with Crippen molar-refractivity contribution in [1.82, 2.24) is 9.97 Å². The molecule has 28 heavy (non-hydrogen) atoms. The largest absolute Gasteiger partial charge is 0.497 e. The van der Waals surface area contributed by atoms with Crippen LogP contribution in [0.25, 0.3) is 33.6 Å². The van der Waals surface area contributed by atoms with Crippen molar-refractivity contribution in [2.75, 3.05) is 14.2 Å². The molecule has 0 aliphatic heterocycles. The lowest BCUT2D eigenvalue weighted by atomic mass is 9.94. The van der Waals surface area contributed by atoms with Gasteiger partial charge in [-0.25, -0.2) is 4.98 Å². The van der Waals surface area contributed by atoms with E-state index in [0.717, 1.165) is 45.1 Å². The molecular weight excluding hydrogens is 372 g/mol. The highest BCUT2D eigenvalue weighted by molar-refractivity contribution is 6.33. The van der Waals surface area contributed by atoms with Crippen LogP contribution in [0.2, 0.25) is 5.02 Å². The van der Waals surface area contributed by atoms with Crippen molar-refractivity contribution >= 4 is 11.6 Å². The molecule has 140 valence electrons. The number of H-pyrrole nitrogens is 1. The van der Waals surface area contributed by atoms with E-state index in [-0.39, 0.29) is 0 Å². The van der Waals surface area contributed by atoms with Crippen LogP contribution < -0.4 is 9.47 Å². The second-order valence-electron chi connectivity index (χ2n) is 6.22. The Labute approximate surface area is 168 Å². The van der Waals surface area contributed by atoms with Crippen molar-refractivity contribution in [3.63, 3.8) is 0 Å². The molecule has 1 heterocycles. The maximum atomic E-state index is 6.52. The van der Waals surface area contributed by atoms with Gasteiger partial charge >= 0.3 is 0 Å². The van der Waals surface area contributed by atoms with Gasteiger partial charge in [0.15, 0.2) is 0 Å². The van der Waals surface area contributed by atoms with Crippen LogP contribution in [-0.2, 0) is 0 Å². The molecule has 4 nitrogen and oxygen atoms in total. The van der Waals surface area contributed by atoms with Gasteiger partial charge in [-0.1, -0.05) is 54.1 Å². The van der Waals surface area contributed by atoms with E-state index in [2.05, 4.69) is 9.97 Å². The van der Waals surface area contributed by atoms with E-state index in [1.165, 1.54) is 0 Å². The van der Waals surface area contributed by atoms with E-state index in [1.807, 2.05) is 66.7 Å². The highest BCUT2D eigenvalue weighted by atomic mass is 35.5. The molecule has 0 saturated heterocycles. The number of imidazole rings is 1. The first-order chi connectivity index (χ1) is 13.7. The van der Waals surface area contributed by atoms with Gasteiger partial charge in [-0.3, -0.25) is 0 Å². The minimum atomic E-state index is 0.663. The summed E-state index contributed by atoms with van der Waals surface area (Å²) >= 11 is 6.52. The molecule has 0 saturated carbocycles. The van der Waals surface area contributed by atoms with Crippen LogP contribution in [0.4, 0.5) is 0 Å². The van der Waals surface area contributed by atoms with Crippen molar-refractivity contribution in [2.45, 2.75) is 0 Å². The number of benzene rings is 3. The molecule has 4 aromatic rings. The van der Waals surface area contributed by atoms with Crippen LogP contribution in [0.1, 0.15) is 0 Å². The number of hydrogen-bond acceptors (Lipinski definition) is 3. The van der Waals surface area contributed by atoms with E-state index >= 15 is 0 Å². The quantitative estimate of drug-likeness (QED) is 0.449. The lowest BCUT2D eigenvalue weighted by Gasteiger charge is -2.16. The summed E-state index contributed by atoms with van der Waals surface area (Å²) < 4.78 is 11.0. The summed E-state index contributed by atoms with van der Waals surface area (Å²) in [5.74, 6) is 1.53. The van der Waals surface area contributed by atoms with Gasteiger partial charge in [0, 0.05) is 27.3 Å². The normalized spacial score (nSPS) is 10.7. The van der Waals surface area contributed by atoms with Gasteiger partial charge < -0.3 is 14.5 Å². The summed E-state index contributed by atoms with van der Waals surface area (Å²) in [6.07, 6.45) is 1.69. The van der Waals surface area contributed by atoms with E-state index in [4.69, 9.17) is 21.1 Å². The lowest BCUT2D eigenvalue weighted by Crippen LogP contribution is -1.94. The van der Waals surface area contributed by atoms with Crippen LogP contribution in [0.5, 0.6) is 11.5 Å². The van der Waals surface area contributed by atoms with E-state index in [0.29, 0.717) is 5.02 Å². The number of hydrogen-bond donors (Lipinski definition) is 1. The standard InChI is InChI=1S/C23H19ClN2O2/c1-27-16-8-5-7-15(13-16)22-23(26-14-25-22)18-10-6-12-20(28-2)21(18)17-9-3-4-11-19(17)24/h3-14H,1-2H3,(H,25,26). The van der Waals surface area contributed by atoms with Crippen molar-refractivity contribution < 1.29 is 9.47 Å². The minimum absolute atomic E-state index is 0.663. The van der Waals surface area contributed by atoms with Gasteiger partial charge in [0.25, 0.3) is 0 Å². The minimum Gasteiger partial charge on any atom is -0.497 e. The molecule has 3 aromatic carbocycles. The fourth-order valence-corrected chi connectivity index (χ4v) is 3.57. The molecule has 4 rings (SSSR count). The fourth-order valence-electron chi connectivity index (χ4n) is 3.34. The number of ether oxygens (including phenoxy) is 2. The molecule has 0 unspecified atom stereocenters. The Kier molecular flexibility index (Phi) is 5.04. The summed E-state index contributed by atoms with van der Waals surface area (Å²) in [6.45, 7) is 0. The van der Waals surface area contributed by atoms with Crippen LogP contribution in [-0.4, -0.2) is 24.2 Å². The number of nitrogens with zero attached hydrogens (tertiary/aromatic N) is 1. The van der Waals surface area contributed by atoms with Gasteiger partial charge in [-0.15, -0.1) is 0 Å². The molecule has 0 aliphatic carbocycles. The van der Waals surface area contributed by atoms with Gasteiger partial charge in [0.2, 0.25) is 0 Å². The molecule has 0 fully saturated rings. The van der Waals surface area contributed by atoms with E-state index in [1.54, 1.807) is 20.5 Å². The van der Waals surface area contributed by atoms with Crippen LogP contribution in [0, 0.1) is 0 Å². The SMILES string of the molecule is COc1cccc(-c2nc[nH]c2-c2cccc(OC)c2-c2ccccc2Cl)c1. The first-order valence-corrected chi connectivity index (χ1v) is 9.20. The Morgan fingerprint density at radius 3 is 2.43 bits per heavy atom. The summed E-state index contributed by atoms with van der Waals surface area (Å²) in [7, 11) is 3.32. The molecule has 0 spiro atoms. The smallest absolute Gasteiger partial charge is 0.127 e. The summed E-state index contributed by atoms with van der Waals surface area (Å²) in [5.41, 5.74) is 5.47. The third kappa shape index (κ3) is 3.23.